The molecule has 0 saturated carbocycles. The van der Waals surface area contributed by atoms with Gasteiger partial charge in [0.1, 0.15) is 11.4 Å². The molecule has 0 aliphatic rings. The van der Waals surface area contributed by atoms with E-state index in [9.17, 15) is 19.7 Å². The largest absolute Gasteiger partial charge is 0.381 e. The highest BCUT2D eigenvalue weighted by Gasteiger charge is 2.22. The van der Waals surface area contributed by atoms with E-state index in [-0.39, 0.29) is 41.6 Å². The molecule has 0 aliphatic carbocycles. The number of hydrogen-bond donors (Lipinski definition) is 4. The molecular formula is C20H30N6O6S. The molecule has 4 N–H and O–H groups in total. The number of rotatable bonds is 13. The van der Waals surface area contributed by atoms with Gasteiger partial charge in [-0.05, 0) is 25.2 Å². The van der Waals surface area contributed by atoms with Crippen LogP contribution in [0.25, 0.3) is 0 Å². The molecule has 13 heteroatoms. The van der Waals surface area contributed by atoms with E-state index in [2.05, 4.69) is 29.5 Å². The molecule has 0 fully saturated rings. The molecule has 182 valence electrons. The summed E-state index contributed by atoms with van der Waals surface area (Å²) >= 11 is 1.20. The Hall–Kier alpha value is -2.87. The Morgan fingerprint density at radius 2 is 2.00 bits per heavy atom. The number of aliphatic hydroxyl groups excluding tert-OH is 2. The molecule has 2 amide bonds. The molecule has 2 aromatic heterocycles. The maximum atomic E-state index is 12.7. The number of nitro groups is 1. The molecule has 2 aromatic rings. The van der Waals surface area contributed by atoms with Crippen LogP contribution in [0, 0.1) is 16.0 Å². The summed E-state index contributed by atoms with van der Waals surface area (Å²) < 4.78 is 1.36. The second kappa shape index (κ2) is 12.4. The van der Waals surface area contributed by atoms with E-state index in [4.69, 9.17) is 10.2 Å². The first-order chi connectivity index (χ1) is 15.7. The van der Waals surface area contributed by atoms with E-state index in [0.29, 0.717) is 31.8 Å². The third kappa shape index (κ3) is 7.60. The third-order valence-corrected chi connectivity index (χ3v) is 5.88. The topological polar surface area (TPSA) is 163 Å². The predicted molar refractivity (Wildman–Crippen MR) is 123 cm³/mol. The van der Waals surface area contributed by atoms with Gasteiger partial charge in [0.2, 0.25) is 0 Å². The number of thiazole rings is 1. The summed E-state index contributed by atoms with van der Waals surface area (Å²) in [5.74, 6) is -0.526. The molecule has 0 unspecified atom stereocenters. The minimum Gasteiger partial charge on any atom is -0.381 e. The third-order valence-electron chi connectivity index (χ3n) is 4.85. The molecule has 0 saturated heterocycles. The summed E-state index contributed by atoms with van der Waals surface area (Å²) in [5.41, 5.74) is 0.138. The van der Waals surface area contributed by atoms with Gasteiger partial charge in [-0.2, -0.15) is 0 Å². The van der Waals surface area contributed by atoms with Crippen molar-refractivity contribution in [3.63, 3.8) is 0 Å². The fraction of sp³-hybridized carbons (Fsp3) is 0.550. The summed E-state index contributed by atoms with van der Waals surface area (Å²) in [7, 11) is 1.53. The highest BCUT2D eigenvalue weighted by Crippen LogP contribution is 2.27. The van der Waals surface area contributed by atoms with Crippen LogP contribution in [0.1, 0.15) is 52.5 Å². The molecular weight excluding hydrogens is 452 g/mol. The van der Waals surface area contributed by atoms with Crippen molar-refractivity contribution in [3.05, 3.63) is 38.6 Å². The summed E-state index contributed by atoms with van der Waals surface area (Å²) in [4.78, 5) is 42.2. The van der Waals surface area contributed by atoms with Crippen LogP contribution in [0.15, 0.2) is 12.3 Å². The summed E-state index contributed by atoms with van der Waals surface area (Å²) in [6.07, 6.45) is 3.22. The Morgan fingerprint density at radius 1 is 1.30 bits per heavy atom. The summed E-state index contributed by atoms with van der Waals surface area (Å²) in [6, 6.07) is 1.18. The lowest BCUT2D eigenvalue weighted by atomic mass is 10.1. The number of nitrogens with zero attached hydrogens (tertiary/aromatic N) is 4. The molecule has 0 bridgehead atoms. The number of hydrogen-bond acceptors (Lipinski definition) is 9. The summed E-state index contributed by atoms with van der Waals surface area (Å²) in [5, 5.41) is 34.7. The van der Waals surface area contributed by atoms with Gasteiger partial charge in [0, 0.05) is 31.1 Å². The number of carbonyl (C=O) groups excluding carboxylic acids is 2. The van der Waals surface area contributed by atoms with Gasteiger partial charge >= 0.3 is 0 Å². The van der Waals surface area contributed by atoms with E-state index >= 15 is 0 Å². The fourth-order valence-electron chi connectivity index (χ4n) is 2.98. The lowest BCUT2D eigenvalue weighted by molar-refractivity contribution is -0.384. The molecule has 0 aliphatic heterocycles. The van der Waals surface area contributed by atoms with Gasteiger partial charge in [-0.1, -0.05) is 13.8 Å². The Balaban J connectivity index is 2.11. The van der Waals surface area contributed by atoms with Crippen molar-refractivity contribution in [2.45, 2.75) is 33.1 Å². The first-order valence-corrected chi connectivity index (χ1v) is 11.3. The Morgan fingerprint density at radius 3 is 2.58 bits per heavy atom. The highest BCUT2D eigenvalue weighted by atomic mass is 32.1. The Kier molecular flexibility index (Phi) is 9.91. The molecule has 2 rings (SSSR count). The van der Waals surface area contributed by atoms with Crippen LogP contribution in [0.2, 0.25) is 0 Å². The van der Waals surface area contributed by atoms with Crippen molar-refractivity contribution in [1.82, 2.24) is 19.8 Å². The van der Waals surface area contributed by atoms with E-state index < -0.39 is 10.8 Å². The number of nitrogens with one attached hydrogen (secondary N) is 2. The molecule has 2 heterocycles. The van der Waals surface area contributed by atoms with Crippen LogP contribution in [-0.4, -0.2) is 68.0 Å². The zero-order valence-corrected chi connectivity index (χ0v) is 19.7. The summed E-state index contributed by atoms with van der Waals surface area (Å²) in [6.45, 7) is 4.33. The van der Waals surface area contributed by atoms with Crippen LogP contribution >= 0.6 is 11.3 Å². The minimum absolute atomic E-state index is 0.101. The van der Waals surface area contributed by atoms with Crippen molar-refractivity contribution in [2.24, 2.45) is 13.0 Å². The predicted octanol–water partition coefficient (Wildman–Crippen LogP) is 1.55. The lowest BCUT2D eigenvalue weighted by Gasteiger charge is -2.15. The SMILES string of the molecule is CC(C)CCc1sc(NC(=O)c2cc([N+](=O)[O-])cn2C)nc1C(=O)NCCCN(CO)CO. The number of anilines is 1. The van der Waals surface area contributed by atoms with E-state index in [0.717, 1.165) is 11.3 Å². The van der Waals surface area contributed by atoms with Crippen molar-refractivity contribution in [1.29, 1.82) is 0 Å². The zero-order chi connectivity index (χ0) is 24.5. The van der Waals surface area contributed by atoms with Gasteiger partial charge in [-0.25, -0.2) is 4.98 Å². The van der Waals surface area contributed by atoms with Gasteiger partial charge in [0.15, 0.2) is 5.13 Å². The quantitative estimate of drug-likeness (QED) is 0.145. The van der Waals surface area contributed by atoms with E-state index in [1.54, 1.807) is 0 Å². The maximum Gasteiger partial charge on any atom is 0.287 e. The van der Waals surface area contributed by atoms with Crippen molar-refractivity contribution in [2.75, 3.05) is 31.9 Å². The highest BCUT2D eigenvalue weighted by molar-refractivity contribution is 7.16. The minimum atomic E-state index is -0.576. The van der Waals surface area contributed by atoms with Gasteiger partial charge in [0.05, 0.1) is 24.6 Å². The van der Waals surface area contributed by atoms with Crippen molar-refractivity contribution >= 4 is 34.0 Å². The van der Waals surface area contributed by atoms with Crippen LogP contribution in [-0.2, 0) is 13.5 Å². The second-order valence-corrected chi connectivity index (χ2v) is 9.00. The van der Waals surface area contributed by atoms with Crippen LogP contribution in [0.4, 0.5) is 10.8 Å². The smallest absolute Gasteiger partial charge is 0.287 e. The molecule has 0 spiro atoms. The first kappa shape index (κ1) is 26.4. The van der Waals surface area contributed by atoms with E-state index in [1.807, 2.05) is 0 Å². The lowest BCUT2D eigenvalue weighted by Crippen LogP contribution is -2.31. The first-order valence-electron chi connectivity index (χ1n) is 10.5. The van der Waals surface area contributed by atoms with Crippen molar-refractivity contribution < 1.29 is 24.7 Å². The molecule has 0 aromatic carbocycles. The molecule has 0 atom stereocenters. The maximum absolute atomic E-state index is 12.7. The number of aromatic nitrogens is 2. The monoisotopic (exact) mass is 482 g/mol. The van der Waals surface area contributed by atoms with Crippen LogP contribution < -0.4 is 10.6 Å². The molecule has 33 heavy (non-hydrogen) atoms. The average molecular weight is 483 g/mol. The van der Waals surface area contributed by atoms with Crippen LogP contribution in [0.5, 0.6) is 0 Å². The normalized spacial score (nSPS) is 11.2. The number of carbonyl (C=O) groups is 2. The van der Waals surface area contributed by atoms with Crippen molar-refractivity contribution in [3.8, 4) is 0 Å². The van der Waals surface area contributed by atoms with Gasteiger partial charge < -0.3 is 20.1 Å². The Bertz CT molecular complexity index is 968. The zero-order valence-electron chi connectivity index (χ0n) is 18.9. The second-order valence-electron chi connectivity index (χ2n) is 7.92. The molecule has 0 radical (unpaired) electrons. The van der Waals surface area contributed by atoms with E-state index in [1.165, 1.54) is 40.1 Å². The number of aryl methyl sites for hydroxylation is 2. The number of amides is 2. The van der Waals surface area contributed by atoms with Gasteiger partial charge in [-0.3, -0.25) is 29.9 Å². The standard InChI is InChI=1S/C20H30N6O6S/c1-13(2)5-6-16-17(19(30)21-7-4-8-25(11-27)12-28)22-20(33-16)23-18(29)15-9-14(26(31)32)10-24(15)3/h9-10,13,27-28H,4-8,11-12H2,1-3H3,(H,21,30)(H,22,23,29). The average Bonchev–Trinajstić information content (AvgIpc) is 3.35. The van der Waals surface area contributed by atoms with Crippen LogP contribution in [0.3, 0.4) is 0 Å². The number of aliphatic hydroxyl groups is 2. The van der Waals surface area contributed by atoms with Gasteiger partial charge in [-0.15, -0.1) is 11.3 Å². The Labute approximate surface area is 195 Å². The fourth-order valence-corrected chi connectivity index (χ4v) is 3.95. The molecule has 12 nitrogen and oxygen atoms in total. The van der Waals surface area contributed by atoms with Gasteiger partial charge in [0.25, 0.3) is 17.5 Å².